The summed E-state index contributed by atoms with van der Waals surface area (Å²) in [6.45, 7) is 5.76. The Hall–Kier alpha value is -0.620. The van der Waals surface area contributed by atoms with E-state index in [1.165, 1.54) is 0 Å². The van der Waals surface area contributed by atoms with Crippen LogP contribution in [0.4, 0.5) is 0 Å². The van der Waals surface area contributed by atoms with Crippen molar-refractivity contribution < 1.29 is 4.79 Å². The maximum Gasteiger partial charge on any atom is 0.254 e. The van der Waals surface area contributed by atoms with Crippen LogP contribution in [0.15, 0.2) is 24.3 Å². The van der Waals surface area contributed by atoms with Gasteiger partial charge < -0.3 is 10.6 Å². The molecule has 1 saturated heterocycles. The number of piperidine rings is 1. The summed E-state index contributed by atoms with van der Waals surface area (Å²) < 4.78 is 1.01. The molecule has 1 heterocycles. The van der Waals surface area contributed by atoms with E-state index in [1.54, 1.807) is 0 Å². The molecule has 1 aliphatic heterocycles. The molecule has 1 aromatic carbocycles. The van der Waals surface area contributed by atoms with Crippen molar-refractivity contribution in [3.63, 3.8) is 0 Å². The van der Waals surface area contributed by atoms with Crippen LogP contribution in [0.5, 0.6) is 0 Å². The Morgan fingerprint density at radius 2 is 2.11 bits per heavy atom. The first kappa shape index (κ1) is 13.8. The fraction of sp³-hybridized carbons (Fsp3) is 0.500. The number of carbonyl (C=O) groups excluding carboxylic acids is 1. The van der Waals surface area contributed by atoms with E-state index in [9.17, 15) is 4.79 Å². The lowest BCUT2D eigenvalue weighted by molar-refractivity contribution is 0.0532. The van der Waals surface area contributed by atoms with E-state index in [4.69, 9.17) is 5.73 Å². The van der Waals surface area contributed by atoms with Gasteiger partial charge in [-0.25, -0.2) is 0 Å². The standard InChI is InChI=1S/C14H19IN2O/c1-14(2)9-17(8-7-12(14)16)13(18)10-5-3-4-6-11(10)15/h3-6,12H,7-9,16H2,1-2H3. The number of nitrogens with two attached hydrogens (primary N) is 1. The second kappa shape index (κ2) is 5.17. The molecule has 2 N–H and O–H groups in total. The molecule has 1 aliphatic rings. The van der Waals surface area contributed by atoms with Gasteiger partial charge in [0.2, 0.25) is 0 Å². The van der Waals surface area contributed by atoms with E-state index in [-0.39, 0.29) is 17.4 Å². The van der Waals surface area contributed by atoms with Crippen molar-refractivity contribution in [3.05, 3.63) is 33.4 Å². The SMILES string of the molecule is CC1(C)CN(C(=O)c2ccccc2I)CCC1N. The van der Waals surface area contributed by atoms with Crippen LogP contribution in [0.1, 0.15) is 30.6 Å². The van der Waals surface area contributed by atoms with Gasteiger partial charge >= 0.3 is 0 Å². The van der Waals surface area contributed by atoms with Gasteiger partial charge in [0, 0.05) is 22.7 Å². The van der Waals surface area contributed by atoms with Crippen LogP contribution in [-0.2, 0) is 0 Å². The zero-order chi connectivity index (χ0) is 13.3. The molecule has 1 amide bonds. The van der Waals surface area contributed by atoms with Crippen LogP contribution in [0.25, 0.3) is 0 Å². The van der Waals surface area contributed by atoms with E-state index < -0.39 is 0 Å². The topological polar surface area (TPSA) is 46.3 Å². The van der Waals surface area contributed by atoms with Crippen molar-refractivity contribution in [2.45, 2.75) is 26.3 Å². The lowest BCUT2D eigenvalue weighted by Gasteiger charge is -2.42. The number of nitrogens with zero attached hydrogens (tertiary/aromatic N) is 1. The van der Waals surface area contributed by atoms with Crippen molar-refractivity contribution in [3.8, 4) is 0 Å². The highest BCUT2D eigenvalue weighted by atomic mass is 127. The van der Waals surface area contributed by atoms with Crippen LogP contribution < -0.4 is 5.73 Å². The minimum atomic E-state index is -0.00583. The molecule has 3 nitrogen and oxygen atoms in total. The second-order valence-electron chi connectivity index (χ2n) is 5.59. The van der Waals surface area contributed by atoms with E-state index >= 15 is 0 Å². The van der Waals surface area contributed by atoms with Crippen molar-refractivity contribution in [2.24, 2.45) is 11.1 Å². The van der Waals surface area contributed by atoms with Crippen LogP contribution >= 0.6 is 22.6 Å². The first-order chi connectivity index (χ1) is 8.42. The van der Waals surface area contributed by atoms with E-state index in [2.05, 4.69) is 36.4 Å². The quantitative estimate of drug-likeness (QED) is 0.785. The number of hydrogen-bond donors (Lipinski definition) is 1. The molecular formula is C14H19IN2O. The number of likely N-dealkylation sites (tertiary alicyclic amines) is 1. The van der Waals surface area contributed by atoms with E-state index in [0.29, 0.717) is 0 Å². The van der Waals surface area contributed by atoms with Gasteiger partial charge in [-0.3, -0.25) is 4.79 Å². The van der Waals surface area contributed by atoms with Crippen LogP contribution in [0, 0.1) is 8.99 Å². The normalized spacial score (nSPS) is 22.9. The summed E-state index contributed by atoms with van der Waals surface area (Å²) >= 11 is 2.21. The van der Waals surface area contributed by atoms with Crippen molar-refractivity contribution >= 4 is 28.5 Å². The Morgan fingerprint density at radius 3 is 2.72 bits per heavy atom. The molecule has 0 aliphatic carbocycles. The van der Waals surface area contributed by atoms with E-state index in [0.717, 1.165) is 28.6 Å². The molecule has 98 valence electrons. The largest absolute Gasteiger partial charge is 0.338 e. The summed E-state index contributed by atoms with van der Waals surface area (Å²) in [5.74, 6) is 0.125. The number of rotatable bonds is 1. The number of amides is 1. The lowest BCUT2D eigenvalue weighted by atomic mass is 9.79. The summed E-state index contributed by atoms with van der Waals surface area (Å²) in [7, 11) is 0. The van der Waals surface area contributed by atoms with Gasteiger partial charge in [-0.2, -0.15) is 0 Å². The Labute approximate surface area is 122 Å². The van der Waals surface area contributed by atoms with Crippen LogP contribution in [-0.4, -0.2) is 29.9 Å². The third-order valence-corrected chi connectivity index (χ3v) is 4.64. The Kier molecular flexibility index (Phi) is 3.96. The first-order valence-electron chi connectivity index (χ1n) is 6.21. The van der Waals surface area contributed by atoms with Crippen molar-refractivity contribution in [2.75, 3.05) is 13.1 Å². The zero-order valence-corrected chi connectivity index (χ0v) is 13.0. The van der Waals surface area contributed by atoms with Gasteiger partial charge in [-0.15, -0.1) is 0 Å². The number of halogens is 1. The number of benzene rings is 1. The number of hydrogen-bond acceptors (Lipinski definition) is 2. The molecule has 1 unspecified atom stereocenters. The predicted molar refractivity (Wildman–Crippen MR) is 81.4 cm³/mol. The van der Waals surface area contributed by atoms with Gasteiger partial charge in [0.25, 0.3) is 5.91 Å². The second-order valence-corrected chi connectivity index (χ2v) is 6.75. The third kappa shape index (κ3) is 2.69. The molecule has 1 fully saturated rings. The molecule has 1 atom stereocenters. The Bertz CT molecular complexity index is 459. The highest BCUT2D eigenvalue weighted by molar-refractivity contribution is 14.1. The fourth-order valence-electron chi connectivity index (χ4n) is 2.35. The first-order valence-corrected chi connectivity index (χ1v) is 7.29. The molecule has 0 aromatic heterocycles. The maximum atomic E-state index is 12.5. The van der Waals surface area contributed by atoms with Gasteiger partial charge in [0.15, 0.2) is 0 Å². The Morgan fingerprint density at radius 1 is 1.44 bits per heavy atom. The molecule has 2 rings (SSSR count). The van der Waals surface area contributed by atoms with Crippen molar-refractivity contribution in [1.29, 1.82) is 0 Å². The molecule has 0 radical (unpaired) electrons. The average molecular weight is 358 g/mol. The zero-order valence-electron chi connectivity index (χ0n) is 10.8. The van der Waals surface area contributed by atoms with Gasteiger partial charge in [-0.05, 0) is 46.6 Å². The highest BCUT2D eigenvalue weighted by Gasteiger charge is 2.35. The smallest absolute Gasteiger partial charge is 0.254 e. The van der Waals surface area contributed by atoms with Crippen LogP contribution in [0.2, 0.25) is 0 Å². The molecule has 0 saturated carbocycles. The summed E-state index contributed by atoms with van der Waals surface area (Å²) in [5, 5.41) is 0. The monoisotopic (exact) mass is 358 g/mol. The molecular weight excluding hydrogens is 339 g/mol. The number of carbonyl (C=O) groups is 1. The summed E-state index contributed by atoms with van der Waals surface area (Å²) in [6.07, 6.45) is 0.877. The average Bonchev–Trinajstić information content (AvgIpc) is 2.32. The lowest BCUT2D eigenvalue weighted by Crippen LogP contribution is -2.54. The van der Waals surface area contributed by atoms with Crippen molar-refractivity contribution in [1.82, 2.24) is 4.90 Å². The maximum absolute atomic E-state index is 12.5. The Balaban J connectivity index is 2.18. The molecule has 18 heavy (non-hydrogen) atoms. The minimum Gasteiger partial charge on any atom is -0.338 e. The molecule has 1 aromatic rings. The molecule has 0 bridgehead atoms. The summed E-state index contributed by atoms with van der Waals surface area (Å²) in [6, 6.07) is 7.90. The van der Waals surface area contributed by atoms with E-state index in [1.807, 2.05) is 29.2 Å². The fourth-order valence-corrected chi connectivity index (χ4v) is 2.97. The summed E-state index contributed by atoms with van der Waals surface area (Å²) in [4.78, 5) is 14.4. The van der Waals surface area contributed by atoms with Gasteiger partial charge in [0.1, 0.15) is 0 Å². The molecule has 4 heteroatoms. The third-order valence-electron chi connectivity index (χ3n) is 3.70. The van der Waals surface area contributed by atoms with Crippen LogP contribution in [0.3, 0.4) is 0 Å². The van der Waals surface area contributed by atoms with Gasteiger partial charge in [-0.1, -0.05) is 26.0 Å². The molecule has 0 spiro atoms. The van der Waals surface area contributed by atoms with Gasteiger partial charge in [0.05, 0.1) is 5.56 Å². The predicted octanol–water partition coefficient (Wildman–Crippen LogP) is 2.49. The summed E-state index contributed by atoms with van der Waals surface area (Å²) in [5.41, 5.74) is 6.89. The highest BCUT2D eigenvalue weighted by Crippen LogP contribution is 2.29. The minimum absolute atomic E-state index is 0.00583.